The molecular formula is C23H30N2O3. The monoisotopic (exact) mass is 382 g/mol. The summed E-state index contributed by atoms with van der Waals surface area (Å²) in [6.45, 7) is 8.53. The van der Waals surface area contributed by atoms with Crippen LogP contribution >= 0.6 is 0 Å². The highest BCUT2D eigenvalue weighted by molar-refractivity contribution is 5.92. The van der Waals surface area contributed by atoms with Gasteiger partial charge in [-0.05, 0) is 44.2 Å². The van der Waals surface area contributed by atoms with Crippen molar-refractivity contribution in [3.8, 4) is 11.3 Å². The van der Waals surface area contributed by atoms with Crippen LogP contribution in [0, 0.1) is 12.8 Å². The first-order valence-corrected chi connectivity index (χ1v) is 10.2. The Kier molecular flexibility index (Phi) is 6.55. The van der Waals surface area contributed by atoms with E-state index in [9.17, 15) is 9.59 Å². The van der Waals surface area contributed by atoms with Gasteiger partial charge in [-0.1, -0.05) is 37.3 Å². The highest BCUT2D eigenvalue weighted by Crippen LogP contribution is 2.27. The molecule has 0 bridgehead atoms. The lowest BCUT2D eigenvalue weighted by Gasteiger charge is -2.31. The molecule has 0 saturated carbocycles. The van der Waals surface area contributed by atoms with E-state index in [-0.39, 0.29) is 11.9 Å². The van der Waals surface area contributed by atoms with Crippen molar-refractivity contribution in [3.63, 3.8) is 0 Å². The van der Waals surface area contributed by atoms with E-state index in [2.05, 4.69) is 11.5 Å². The Bertz CT molecular complexity index is 826. The molecule has 0 spiro atoms. The Balaban J connectivity index is 1.84. The van der Waals surface area contributed by atoms with Crippen molar-refractivity contribution in [1.29, 1.82) is 0 Å². The fourth-order valence-electron chi connectivity index (χ4n) is 3.98. The zero-order valence-electron chi connectivity index (χ0n) is 17.1. The smallest absolute Gasteiger partial charge is 0.339 e. The van der Waals surface area contributed by atoms with Gasteiger partial charge in [0.1, 0.15) is 0 Å². The number of likely N-dealkylation sites (tertiary alicyclic amines) is 1. The summed E-state index contributed by atoms with van der Waals surface area (Å²) in [4.78, 5) is 27.1. The van der Waals surface area contributed by atoms with Crippen molar-refractivity contribution in [2.45, 2.75) is 46.6 Å². The van der Waals surface area contributed by atoms with E-state index in [0.717, 1.165) is 36.5 Å². The quantitative estimate of drug-likeness (QED) is 0.701. The van der Waals surface area contributed by atoms with Gasteiger partial charge in [0.25, 0.3) is 0 Å². The molecule has 0 aliphatic carbocycles. The van der Waals surface area contributed by atoms with Gasteiger partial charge in [-0.2, -0.15) is 0 Å². The minimum atomic E-state index is -0.313. The number of hydrogen-bond acceptors (Lipinski definition) is 3. The number of esters is 1. The summed E-state index contributed by atoms with van der Waals surface area (Å²) in [7, 11) is 0. The fourth-order valence-corrected chi connectivity index (χ4v) is 3.98. The standard InChI is InChI=1S/C23H30N2O3/c1-4-28-23(27)20-15-21(19-10-6-5-7-11-19)25(18(20)3)14-12-22(26)24-13-8-9-17(2)16-24/h5-7,10-11,15,17H,4,8-9,12-14,16H2,1-3H3. The highest BCUT2D eigenvalue weighted by atomic mass is 16.5. The zero-order valence-corrected chi connectivity index (χ0v) is 17.1. The van der Waals surface area contributed by atoms with Gasteiger partial charge in [0, 0.05) is 37.4 Å². The van der Waals surface area contributed by atoms with Gasteiger partial charge >= 0.3 is 5.97 Å². The van der Waals surface area contributed by atoms with Gasteiger partial charge in [-0.25, -0.2) is 4.79 Å². The van der Waals surface area contributed by atoms with Crippen molar-refractivity contribution in [1.82, 2.24) is 9.47 Å². The summed E-state index contributed by atoms with van der Waals surface area (Å²) in [5, 5.41) is 0. The molecule has 28 heavy (non-hydrogen) atoms. The average Bonchev–Trinajstić information content (AvgIpc) is 3.03. The predicted molar refractivity (Wildman–Crippen MR) is 110 cm³/mol. The molecule has 1 saturated heterocycles. The molecule has 1 aromatic carbocycles. The number of amides is 1. The lowest BCUT2D eigenvalue weighted by Crippen LogP contribution is -2.39. The Morgan fingerprint density at radius 1 is 1.21 bits per heavy atom. The number of nitrogens with zero attached hydrogens (tertiary/aromatic N) is 2. The molecule has 150 valence electrons. The van der Waals surface area contributed by atoms with Crippen molar-refractivity contribution in [3.05, 3.63) is 47.7 Å². The van der Waals surface area contributed by atoms with E-state index in [1.165, 1.54) is 6.42 Å². The molecule has 0 radical (unpaired) electrons. The number of benzene rings is 1. The second-order valence-corrected chi connectivity index (χ2v) is 7.60. The third-order valence-electron chi connectivity index (χ3n) is 5.49. The van der Waals surface area contributed by atoms with Crippen LogP contribution in [0.25, 0.3) is 11.3 Å². The minimum absolute atomic E-state index is 0.191. The van der Waals surface area contributed by atoms with E-state index in [1.54, 1.807) is 6.92 Å². The third kappa shape index (κ3) is 4.46. The molecule has 1 fully saturated rings. The minimum Gasteiger partial charge on any atom is -0.462 e. The molecule has 1 aromatic heterocycles. The van der Waals surface area contributed by atoms with E-state index in [0.29, 0.717) is 31.1 Å². The molecule has 1 aliphatic heterocycles. The predicted octanol–water partition coefficient (Wildman–Crippen LogP) is 4.29. The Morgan fingerprint density at radius 3 is 2.64 bits per heavy atom. The Labute approximate surface area is 167 Å². The van der Waals surface area contributed by atoms with Crippen LogP contribution in [0.3, 0.4) is 0 Å². The van der Waals surface area contributed by atoms with Crippen LogP contribution in [0.5, 0.6) is 0 Å². The lowest BCUT2D eigenvalue weighted by atomic mass is 10.00. The number of ether oxygens (including phenoxy) is 1. The molecule has 2 heterocycles. The highest BCUT2D eigenvalue weighted by Gasteiger charge is 2.23. The molecule has 5 heteroatoms. The fraction of sp³-hybridized carbons (Fsp3) is 0.478. The maximum absolute atomic E-state index is 12.7. The van der Waals surface area contributed by atoms with Gasteiger partial charge in [0.2, 0.25) is 5.91 Å². The molecule has 1 unspecified atom stereocenters. The lowest BCUT2D eigenvalue weighted by molar-refractivity contribution is -0.133. The van der Waals surface area contributed by atoms with Crippen LogP contribution in [0.4, 0.5) is 0 Å². The van der Waals surface area contributed by atoms with E-state index in [1.807, 2.05) is 48.2 Å². The van der Waals surface area contributed by atoms with Crippen LogP contribution in [0.1, 0.15) is 49.2 Å². The van der Waals surface area contributed by atoms with Gasteiger partial charge in [0.15, 0.2) is 0 Å². The third-order valence-corrected chi connectivity index (χ3v) is 5.49. The van der Waals surface area contributed by atoms with Crippen LogP contribution < -0.4 is 0 Å². The second kappa shape index (κ2) is 9.09. The van der Waals surface area contributed by atoms with Gasteiger partial charge in [-0.3, -0.25) is 4.79 Å². The van der Waals surface area contributed by atoms with Gasteiger partial charge in [0.05, 0.1) is 12.2 Å². The topological polar surface area (TPSA) is 51.5 Å². The second-order valence-electron chi connectivity index (χ2n) is 7.60. The number of rotatable bonds is 6. The zero-order chi connectivity index (χ0) is 20.1. The SMILES string of the molecule is CCOC(=O)c1cc(-c2ccccc2)n(CCC(=O)N2CCCC(C)C2)c1C. The largest absolute Gasteiger partial charge is 0.462 e. The molecule has 3 rings (SSSR count). The van der Waals surface area contributed by atoms with E-state index >= 15 is 0 Å². The first-order valence-electron chi connectivity index (χ1n) is 10.2. The molecule has 1 aliphatic rings. The van der Waals surface area contributed by atoms with Crippen LogP contribution in [0.15, 0.2) is 36.4 Å². The van der Waals surface area contributed by atoms with Crippen LogP contribution in [-0.4, -0.2) is 41.0 Å². The number of aromatic nitrogens is 1. The molecule has 5 nitrogen and oxygen atoms in total. The normalized spacial score (nSPS) is 16.8. The van der Waals surface area contributed by atoms with Crippen LogP contribution in [0.2, 0.25) is 0 Å². The number of carbonyl (C=O) groups excluding carboxylic acids is 2. The van der Waals surface area contributed by atoms with Crippen molar-refractivity contribution >= 4 is 11.9 Å². The summed E-state index contributed by atoms with van der Waals surface area (Å²) in [6.07, 6.45) is 2.71. The first kappa shape index (κ1) is 20.2. The van der Waals surface area contributed by atoms with E-state index in [4.69, 9.17) is 4.74 Å². The first-order chi connectivity index (χ1) is 13.5. The van der Waals surface area contributed by atoms with E-state index < -0.39 is 0 Å². The van der Waals surface area contributed by atoms with Gasteiger partial charge < -0.3 is 14.2 Å². The number of hydrogen-bond donors (Lipinski definition) is 0. The van der Waals surface area contributed by atoms with Crippen molar-refractivity contribution in [2.75, 3.05) is 19.7 Å². The maximum atomic E-state index is 12.7. The summed E-state index contributed by atoms with van der Waals surface area (Å²) in [5.41, 5.74) is 3.39. The van der Waals surface area contributed by atoms with Crippen LogP contribution in [-0.2, 0) is 16.1 Å². The molecule has 1 atom stereocenters. The Hall–Kier alpha value is -2.56. The van der Waals surface area contributed by atoms with Gasteiger partial charge in [-0.15, -0.1) is 0 Å². The number of piperidine rings is 1. The summed E-state index contributed by atoms with van der Waals surface area (Å²) >= 11 is 0. The summed E-state index contributed by atoms with van der Waals surface area (Å²) in [6, 6.07) is 11.9. The van der Waals surface area contributed by atoms with Crippen molar-refractivity contribution < 1.29 is 14.3 Å². The molecule has 1 amide bonds. The number of carbonyl (C=O) groups is 2. The average molecular weight is 383 g/mol. The molecule has 2 aromatic rings. The van der Waals surface area contributed by atoms with Crippen molar-refractivity contribution in [2.24, 2.45) is 5.92 Å². The molecule has 0 N–H and O–H groups in total. The summed E-state index contributed by atoms with van der Waals surface area (Å²) in [5.74, 6) is 0.449. The Morgan fingerprint density at radius 2 is 1.96 bits per heavy atom. The summed E-state index contributed by atoms with van der Waals surface area (Å²) < 4.78 is 7.29. The molecular weight excluding hydrogens is 352 g/mol. The maximum Gasteiger partial charge on any atom is 0.339 e.